The lowest BCUT2D eigenvalue weighted by Crippen LogP contribution is -2.35. The van der Waals surface area contributed by atoms with Gasteiger partial charge in [-0.05, 0) is 25.1 Å². The summed E-state index contributed by atoms with van der Waals surface area (Å²) in [5.74, 6) is 0.389. The second-order valence-electron chi connectivity index (χ2n) is 4.59. The molecule has 1 heterocycles. The Bertz CT molecular complexity index is 581. The SMILES string of the molecule is COc1ccc(N)c(C(=O)NC(C)Cn2ccnc2)c1. The lowest BCUT2D eigenvalue weighted by Gasteiger charge is -2.15. The van der Waals surface area contributed by atoms with Crippen molar-refractivity contribution in [2.24, 2.45) is 0 Å². The molecule has 0 saturated carbocycles. The highest BCUT2D eigenvalue weighted by molar-refractivity contribution is 5.99. The number of rotatable bonds is 5. The van der Waals surface area contributed by atoms with Crippen molar-refractivity contribution in [3.8, 4) is 5.75 Å². The van der Waals surface area contributed by atoms with Gasteiger partial charge in [-0.3, -0.25) is 4.79 Å². The second kappa shape index (κ2) is 6.10. The maximum Gasteiger partial charge on any atom is 0.253 e. The summed E-state index contributed by atoms with van der Waals surface area (Å²) < 4.78 is 7.00. The number of methoxy groups -OCH3 is 1. The number of amides is 1. The van der Waals surface area contributed by atoms with E-state index in [0.29, 0.717) is 23.5 Å². The van der Waals surface area contributed by atoms with Gasteiger partial charge in [0.2, 0.25) is 0 Å². The largest absolute Gasteiger partial charge is 0.497 e. The summed E-state index contributed by atoms with van der Waals surface area (Å²) in [6.45, 7) is 2.57. The zero-order valence-corrected chi connectivity index (χ0v) is 11.5. The van der Waals surface area contributed by atoms with E-state index in [2.05, 4.69) is 10.3 Å². The molecule has 1 unspecified atom stereocenters. The highest BCUT2D eigenvalue weighted by Crippen LogP contribution is 2.19. The van der Waals surface area contributed by atoms with E-state index in [1.54, 1.807) is 37.8 Å². The van der Waals surface area contributed by atoms with Crippen LogP contribution in [0.4, 0.5) is 5.69 Å². The minimum Gasteiger partial charge on any atom is -0.497 e. The molecule has 20 heavy (non-hydrogen) atoms. The van der Waals surface area contributed by atoms with E-state index in [9.17, 15) is 4.79 Å². The fourth-order valence-electron chi connectivity index (χ4n) is 1.92. The number of hydrogen-bond donors (Lipinski definition) is 2. The Morgan fingerprint density at radius 2 is 2.35 bits per heavy atom. The molecule has 0 radical (unpaired) electrons. The van der Waals surface area contributed by atoms with Crippen LogP contribution in [0.25, 0.3) is 0 Å². The van der Waals surface area contributed by atoms with Crippen LogP contribution in [0.15, 0.2) is 36.9 Å². The molecular weight excluding hydrogens is 256 g/mol. The molecule has 1 aromatic carbocycles. The van der Waals surface area contributed by atoms with Crippen LogP contribution < -0.4 is 15.8 Å². The summed E-state index contributed by atoms with van der Waals surface area (Å²) in [6, 6.07) is 4.98. The first kappa shape index (κ1) is 13.9. The van der Waals surface area contributed by atoms with Crippen LogP contribution in [0.2, 0.25) is 0 Å². The van der Waals surface area contributed by atoms with Gasteiger partial charge in [0.25, 0.3) is 5.91 Å². The first-order chi connectivity index (χ1) is 9.60. The zero-order valence-electron chi connectivity index (χ0n) is 11.5. The van der Waals surface area contributed by atoms with Crippen LogP contribution in [-0.4, -0.2) is 28.6 Å². The number of ether oxygens (including phenoxy) is 1. The van der Waals surface area contributed by atoms with Crippen molar-refractivity contribution in [1.29, 1.82) is 0 Å². The Morgan fingerprint density at radius 3 is 3.00 bits per heavy atom. The topological polar surface area (TPSA) is 82.2 Å². The normalized spacial score (nSPS) is 11.9. The number of nitrogen functional groups attached to an aromatic ring is 1. The van der Waals surface area contributed by atoms with E-state index in [-0.39, 0.29) is 11.9 Å². The van der Waals surface area contributed by atoms with Gasteiger partial charge in [0, 0.05) is 30.7 Å². The molecule has 1 atom stereocenters. The number of hydrogen-bond acceptors (Lipinski definition) is 4. The fraction of sp³-hybridized carbons (Fsp3) is 0.286. The van der Waals surface area contributed by atoms with Gasteiger partial charge in [0.15, 0.2) is 0 Å². The van der Waals surface area contributed by atoms with Crippen molar-refractivity contribution in [3.05, 3.63) is 42.5 Å². The van der Waals surface area contributed by atoms with Gasteiger partial charge in [-0.25, -0.2) is 4.98 Å². The molecule has 0 aliphatic carbocycles. The van der Waals surface area contributed by atoms with E-state index in [4.69, 9.17) is 10.5 Å². The van der Waals surface area contributed by atoms with Crippen molar-refractivity contribution in [3.63, 3.8) is 0 Å². The Labute approximate surface area is 117 Å². The lowest BCUT2D eigenvalue weighted by atomic mass is 10.1. The molecule has 106 valence electrons. The van der Waals surface area contributed by atoms with Gasteiger partial charge in [-0.15, -0.1) is 0 Å². The molecule has 0 saturated heterocycles. The number of aromatic nitrogens is 2. The third-order valence-electron chi connectivity index (χ3n) is 2.93. The summed E-state index contributed by atoms with van der Waals surface area (Å²) in [6.07, 6.45) is 5.26. The number of anilines is 1. The van der Waals surface area contributed by atoms with Crippen LogP contribution in [-0.2, 0) is 6.54 Å². The predicted octanol–water partition coefficient (Wildman–Crippen LogP) is 1.29. The van der Waals surface area contributed by atoms with Gasteiger partial charge in [-0.2, -0.15) is 0 Å². The van der Waals surface area contributed by atoms with Crippen molar-refractivity contribution in [1.82, 2.24) is 14.9 Å². The number of benzene rings is 1. The molecule has 6 heteroatoms. The molecule has 1 amide bonds. The van der Waals surface area contributed by atoms with Crippen molar-refractivity contribution in [2.45, 2.75) is 19.5 Å². The number of carbonyl (C=O) groups is 1. The van der Waals surface area contributed by atoms with E-state index in [0.717, 1.165) is 0 Å². The van der Waals surface area contributed by atoms with E-state index in [1.807, 2.05) is 17.7 Å². The highest BCUT2D eigenvalue weighted by atomic mass is 16.5. The Balaban J connectivity index is 2.04. The molecule has 0 spiro atoms. The summed E-state index contributed by atoms with van der Waals surface area (Å²) in [4.78, 5) is 16.2. The molecule has 2 aromatic rings. The summed E-state index contributed by atoms with van der Waals surface area (Å²) in [7, 11) is 1.55. The van der Waals surface area contributed by atoms with Crippen LogP contribution in [0.1, 0.15) is 17.3 Å². The van der Waals surface area contributed by atoms with Gasteiger partial charge >= 0.3 is 0 Å². The molecule has 0 bridgehead atoms. The minimum atomic E-state index is -0.214. The molecule has 6 nitrogen and oxygen atoms in total. The molecule has 2 rings (SSSR count). The van der Waals surface area contributed by atoms with Crippen LogP contribution in [0, 0.1) is 0 Å². The van der Waals surface area contributed by atoms with E-state index in [1.165, 1.54) is 0 Å². The first-order valence-corrected chi connectivity index (χ1v) is 6.30. The zero-order chi connectivity index (χ0) is 14.5. The first-order valence-electron chi connectivity index (χ1n) is 6.30. The Morgan fingerprint density at radius 1 is 1.55 bits per heavy atom. The fourth-order valence-corrected chi connectivity index (χ4v) is 1.92. The third-order valence-corrected chi connectivity index (χ3v) is 2.93. The molecule has 3 N–H and O–H groups in total. The quantitative estimate of drug-likeness (QED) is 0.805. The second-order valence-corrected chi connectivity index (χ2v) is 4.59. The molecule has 1 aromatic heterocycles. The lowest BCUT2D eigenvalue weighted by molar-refractivity contribution is 0.0937. The van der Waals surface area contributed by atoms with Gasteiger partial charge in [0.05, 0.1) is 19.0 Å². The number of nitrogens with two attached hydrogens (primary N) is 1. The minimum absolute atomic E-state index is 0.0395. The average Bonchev–Trinajstić information content (AvgIpc) is 2.91. The maximum absolute atomic E-state index is 12.2. The third kappa shape index (κ3) is 3.28. The maximum atomic E-state index is 12.2. The Kier molecular flexibility index (Phi) is 4.24. The number of nitrogens with zero attached hydrogens (tertiary/aromatic N) is 2. The van der Waals surface area contributed by atoms with Crippen molar-refractivity contribution in [2.75, 3.05) is 12.8 Å². The van der Waals surface area contributed by atoms with Crippen molar-refractivity contribution >= 4 is 11.6 Å². The van der Waals surface area contributed by atoms with Gasteiger partial charge in [0.1, 0.15) is 5.75 Å². The van der Waals surface area contributed by atoms with Gasteiger partial charge < -0.3 is 20.4 Å². The Hall–Kier alpha value is -2.50. The number of imidazole rings is 1. The summed E-state index contributed by atoms with van der Waals surface area (Å²) >= 11 is 0. The smallest absolute Gasteiger partial charge is 0.253 e. The molecular formula is C14H18N4O2. The molecule has 0 fully saturated rings. The highest BCUT2D eigenvalue weighted by Gasteiger charge is 2.14. The molecule has 0 aliphatic heterocycles. The van der Waals surface area contributed by atoms with Crippen molar-refractivity contribution < 1.29 is 9.53 Å². The number of carbonyl (C=O) groups excluding carboxylic acids is 1. The molecule has 0 aliphatic rings. The predicted molar refractivity (Wildman–Crippen MR) is 76.6 cm³/mol. The average molecular weight is 274 g/mol. The van der Waals surface area contributed by atoms with E-state index >= 15 is 0 Å². The van der Waals surface area contributed by atoms with E-state index < -0.39 is 0 Å². The standard InChI is InChI=1S/C14H18N4O2/c1-10(8-18-6-5-16-9-18)17-14(19)12-7-11(20-2)3-4-13(12)15/h3-7,9-10H,8,15H2,1-2H3,(H,17,19). The van der Waals surface area contributed by atoms with Gasteiger partial charge in [-0.1, -0.05) is 0 Å². The summed E-state index contributed by atoms with van der Waals surface area (Å²) in [5, 5.41) is 2.90. The summed E-state index contributed by atoms with van der Waals surface area (Å²) in [5.41, 5.74) is 6.67. The van der Waals surface area contributed by atoms with Crippen LogP contribution in [0.5, 0.6) is 5.75 Å². The monoisotopic (exact) mass is 274 g/mol. The van der Waals surface area contributed by atoms with Crippen LogP contribution >= 0.6 is 0 Å². The number of nitrogens with one attached hydrogen (secondary N) is 1. The van der Waals surface area contributed by atoms with Crippen LogP contribution in [0.3, 0.4) is 0 Å².